The van der Waals surface area contributed by atoms with Crippen LogP contribution in [0.3, 0.4) is 0 Å². The molecular weight excluding hydrogens is 798 g/mol. The van der Waals surface area contributed by atoms with Crippen molar-refractivity contribution in [3.8, 4) is 0 Å². The molecule has 0 bridgehead atoms. The summed E-state index contributed by atoms with van der Waals surface area (Å²) in [5.74, 6) is -0.844. The normalized spacial score (nSPS) is 13.7. The average molecular weight is 892 g/mol. The second kappa shape index (κ2) is 48.2. The van der Waals surface area contributed by atoms with Crippen molar-refractivity contribution in [2.75, 3.05) is 26.4 Å². The highest BCUT2D eigenvalue weighted by Crippen LogP contribution is 2.43. The Morgan fingerprint density at radius 2 is 0.839 bits per heavy atom. The van der Waals surface area contributed by atoms with Crippen molar-refractivity contribution >= 4 is 19.8 Å². The van der Waals surface area contributed by atoms with E-state index in [1.807, 2.05) is 0 Å². The molecule has 0 fully saturated rings. The van der Waals surface area contributed by atoms with E-state index in [0.717, 1.165) is 77.0 Å². The second-order valence-electron chi connectivity index (χ2n) is 16.7. The molecule has 0 rings (SSSR count). The number of carbonyl (C=O) groups excluding carboxylic acids is 2. The summed E-state index contributed by atoms with van der Waals surface area (Å²) < 4.78 is 32.9. The number of hydrogen-bond acceptors (Lipinski definition) is 8. The summed E-state index contributed by atoms with van der Waals surface area (Å²) in [7, 11) is -4.39. The Morgan fingerprint density at radius 3 is 1.26 bits per heavy atom. The Bertz CT molecular complexity index is 1200. The van der Waals surface area contributed by atoms with Crippen molar-refractivity contribution in [3.05, 3.63) is 60.8 Å². The molecule has 0 spiro atoms. The smallest absolute Gasteiger partial charge is 0.462 e. The number of unbranched alkanes of at least 4 members (excludes halogenated alkanes) is 24. The highest BCUT2D eigenvalue weighted by molar-refractivity contribution is 7.47. The minimum atomic E-state index is -4.39. The molecule has 0 saturated heterocycles. The van der Waals surface area contributed by atoms with Crippen LogP contribution in [0.25, 0.3) is 0 Å². The van der Waals surface area contributed by atoms with Gasteiger partial charge in [0.1, 0.15) is 6.61 Å². The molecule has 0 aliphatic carbocycles. The van der Waals surface area contributed by atoms with Gasteiger partial charge in [-0.05, 0) is 83.5 Å². The number of ether oxygens (including phenoxy) is 2. The van der Waals surface area contributed by atoms with Gasteiger partial charge in [-0.1, -0.05) is 190 Å². The molecule has 0 radical (unpaired) electrons. The lowest BCUT2D eigenvalue weighted by molar-refractivity contribution is -0.161. The van der Waals surface area contributed by atoms with Crippen molar-refractivity contribution in [1.29, 1.82) is 0 Å². The predicted octanol–water partition coefficient (Wildman–Crippen LogP) is 15.2. The van der Waals surface area contributed by atoms with Gasteiger partial charge in [-0.3, -0.25) is 18.6 Å². The topological polar surface area (TPSA) is 134 Å². The van der Waals surface area contributed by atoms with E-state index >= 15 is 0 Å². The predicted molar refractivity (Wildman–Crippen MR) is 261 cm³/mol. The van der Waals surface area contributed by atoms with Crippen molar-refractivity contribution in [3.63, 3.8) is 0 Å². The number of nitrogens with two attached hydrogens (primary N) is 1. The SMILES string of the molecule is CCCCCC/C=C\C/C=C\CCCCCCCCCC(=O)OCC(COP(=O)(O)OCCN)OC(=O)CCCCCCCCCC/C=C\C/C=C\C/C=C\CCCCCCC. The van der Waals surface area contributed by atoms with Crippen LogP contribution in [0.2, 0.25) is 0 Å². The zero-order chi connectivity index (χ0) is 45.3. The van der Waals surface area contributed by atoms with Crippen molar-refractivity contribution < 1.29 is 37.6 Å². The molecule has 2 unspecified atom stereocenters. The first-order valence-electron chi connectivity index (χ1n) is 25.3. The van der Waals surface area contributed by atoms with Gasteiger partial charge >= 0.3 is 19.8 Å². The lowest BCUT2D eigenvalue weighted by atomic mass is 10.1. The monoisotopic (exact) mass is 892 g/mol. The Kier molecular flexibility index (Phi) is 46.4. The quantitative estimate of drug-likeness (QED) is 0.0265. The molecule has 0 aromatic rings. The van der Waals surface area contributed by atoms with Crippen molar-refractivity contribution in [2.24, 2.45) is 5.73 Å². The third-order valence-corrected chi connectivity index (χ3v) is 11.6. The van der Waals surface area contributed by atoms with Crippen LogP contribution in [-0.2, 0) is 32.7 Å². The van der Waals surface area contributed by atoms with Gasteiger partial charge < -0.3 is 20.1 Å². The number of allylic oxidation sites excluding steroid dienone is 10. The maximum absolute atomic E-state index is 12.6. The fourth-order valence-corrected chi connectivity index (χ4v) is 7.61. The van der Waals surface area contributed by atoms with Gasteiger partial charge in [-0.2, -0.15) is 0 Å². The van der Waals surface area contributed by atoms with Gasteiger partial charge in [0.2, 0.25) is 0 Å². The molecule has 0 aliphatic rings. The van der Waals surface area contributed by atoms with E-state index in [-0.39, 0.29) is 32.6 Å². The molecular formula is C52H94NO8P. The number of esters is 2. The standard InChI is InChI=1S/C52H94NO8P/c1-3-5-7-9-11-13-15-17-19-21-23-24-25-26-27-29-31-33-35-37-39-41-43-45-52(55)61-50(49-60-62(56,57)59-47-46-53)48-58-51(54)44-42-40-38-36-34-32-30-28-22-20-18-16-14-12-10-8-6-4-2/h14-17,20-23,25-26,50H,3-13,18-19,24,27-49,53H2,1-2H3,(H,56,57)/b16-14-,17-15-,22-20-,23-21-,26-25-. The Labute approximate surface area is 380 Å². The number of carbonyl (C=O) groups is 2. The van der Waals surface area contributed by atoms with Crippen LogP contribution < -0.4 is 5.73 Å². The van der Waals surface area contributed by atoms with Crippen molar-refractivity contribution in [1.82, 2.24) is 0 Å². The van der Waals surface area contributed by atoms with E-state index in [4.69, 9.17) is 24.3 Å². The highest BCUT2D eigenvalue weighted by Gasteiger charge is 2.26. The third kappa shape index (κ3) is 47.2. The van der Waals surface area contributed by atoms with E-state index in [1.54, 1.807) is 0 Å². The van der Waals surface area contributed by atoms with Crippen LogP contribution in [-0.4, -0.2) is 49.3 Å². The molecule has 62 heavy (non-hydrogen) atoms. The van der Waals surface area contributed by atoms with Crippen LogP contribution in [0, 0.1) is 0 Å². The fourth-order valence-electron chi connectivity index (χ4n) is 6.85. The van der Waals surface area contributed by atoms with Crippen LogP contribution in [0.5, 0.6) is 0 Å². The van der Waals surface area contributed by atoms with E-state index in [9.17, 15) is 19.0 Å². The molecule has 10 heteroatoms. The minimum Gasteiger partial charge on any atom is -0.462 e. The van der Waals surface area contributed by atoms with Crippen molar-refractivity contribution in [2.45, 2.75) is 232 Å². The third-order valence-electron chi connectivity index (χ3n) is 10.6. The largest absolute Gasteiger partial charge is 0.472 e. The van der Waals surface area contributed by atoms with Gasteiger partial charge in [-0.15, -0.1) is 0 Å². The minimum absolute atomic E-state index is 0.0487. The lowest BCUT2D eigenvalue weighted by Crippen LogP contribution is -2.29. The van der Waals surface area contributed by atoms with Gasteiger partial charge in [0.05, 0.1) is 13.2 Å². The lowest BCUT2D eigenvalue weighted by Gasteiger charge is -2.19. The zero-order valence-electron chi connectivity index (χ0n) is 39.8. The molecule has 3 N–H and O–H groups in total. The average Bonchev–Trinajstić information content (AvgIpc) is 3.26. The van der Waals surface area contributed by atoms with Gasteiger partial charge in [0.25, 0.3) is 0 Å². The molecule has 0 heterocycles. The van der Waals surface area contributed by atoms with E-state index in [1.165, 1.54) is 116 Å². The van der Waals surface area contributed by atoms with Crippen LogP contribution >= 0.6 is 7.82 Å². The molecule has 360 valence electrons. The van der Waals surface area contributed by atoms with Gasteiger partial charge in [0, 0.05) is 19.4 Å². The molecule has 0 aromatic heterocycles. The first-order valence-corrected chi connectivity index (χ1v) is 26.8. The van der Waals surface area contributed by atoms with Crippen LogP contribution in [0.1, 0.15) is 226 Å². The van der Waals surface area contributed by atoms with E-state index in [0.29, 0.717) is 6.42 Å². The second-order valence-corrected chi connectivity index (χ2v) is 18.1. The van der Waals surface area contributed by atoms with E-state index in [2.05, 4.69) is 74.6 Å². The van der Waals surface area contributed by atoms with Crippen LogP contribution in [0.4, 0.5) is 0 Å². The number of rotatable bonds is 47. The molecule has 2 atom stereocenters. The summed E-state index contributed by atoms with van der Waals surface area (Å²) >= 11 is 0. The van der Waals surface area contributed by atoms with Gasteiger partial charge in [-0.25, -0.2) is 4.57 Å². The Balaban J connectivity index is 4.10. The summed E-state index contributed by atoms with van der Waals surface area (Å²) in [4.78, 5) is 35.0. The fraction of sp³-hybridized carbons (Fsp3) is 0.769. The molecule has 0 aromatic carbocycles. The summed E-state index contributed by atoms with van der Waals surface area (Å²) in [6.45, 7) is 3.70. The number of hydrogen-bond donors (Lipinski definition) is 2. The summed E-state index contributed by atoms with van der Waals surface area (Å²) in [6, 6.07) is 0. The maximum atomic E-state index is 12.6. The number of phosphoric acid groups is 1. The Hall–Kier alpha value is -2.29. The first-order chi connectivity index (χ1) is 30.3. The molecule has 0 aliphatic heterocycles. The van der Waals surface area contributed by atoms with E-state index < -0.39 is 32.5 Å². The summed E-state index contributed by atoms with van der Waals surface area (Å²) in [6.07, 6.45) is 58.2. The molecule has 0 saturated carbocycles. The maximum Gasteiger partial charge on any atom is 0.472 e. The number of phosphoric ester groups is 1. The highest BCUT2D eigenvalue weighted by atomic mass is 31.2. The van der Waals surface area contributed by atoms with Crippen LogP contribution in [0.15, 0.2) is 60.8 Å². The van der Waals surface area contributed by atoms with Gasteiger partial charge in [0.15, 0.2) is 6.10 Å². The summed E-state index contributed by atoms with van der Waals surface area (Å²) in [5.41, 5.74) is 5.36. The molecule has 0 amide bonds. The first kappa shape index (κ1) is 59.7. The Morgan fingerprint density at radius 1 is 0.484 bits per heavy atom. The molecule has 9 nitrogen and oxygen atoms in total. The zero-order valence-corrected chi connectivity index (χ0v) is 40.7. The summed E-state index contributed by atoms with van der Waals surface area (Å²) in [5, 5.41) is 0.